The molecule has 18 heavy (non-hydrogen) atoms. The molecule has 0 saturated carbocycles. The van der Waals surface area contributed by atoms with Gasteiger partial charge in [0, 0.05) is 9.90 Å². The van der Waals surface area contributed by atoms with Crippen LogP contribution in [0.2, 0.25) is 10.0 Å². The van der Waals surface area contributed by atoms with Crippen molar-refractivity contribution in [2.24, 2.45) is 5.92 Å². The van der Waals surface area contributed by atoms with E-state index in [9.17, 15) is 0 Å². The van der Waals surface area contributed by atoms with Crippen molar-refractivity contribution in [2.75, 3.05) is 5.32 Å². The Labute approximate surface area is 122 Å². The van der Waals surface area contributed by atoms with Gasteiger partial charge < -0.3 is 5.32 Å². The summed E-state index contributed by atoms with van der Waals surface area (Å²) in [6, 6.07) is 10.0. The Morgan fingerprint density at radius 2 is 1.94 bits per heavy atom. The Bertz CT molecular complexity index is 509. The summed E-state index contributed by atoms with van der Waals surface area (Å²) < 4.78 is 0. The van der Waals surface area contributed by atoms with Crippen LogP contribution < -0.4 is 5.32 Å². The van der Waals surface area contributed by atoms with Crippen LogP contribution >= 0.6 is 34.5 Å². The SMILES string of the molecule is CC(C)C(Nc1ccc(Cl)cc1Cl)c1cccs1. The molecule has 96 valence electrons. The second kappa shape index (κ2) is 5.96. The van der Waals surface area contributed by atoms with Gasteiger partial charge in [-0.1, -0.05) is 43.1 Å². The van der Waals surface area contributed by atoms with Crippen molar-refractivity contribution in [3.05, 3.63) is 50.6 Å². The number of halogens is 2. The molecule has 1 nitrogen and oxygen atoms in total. The first-order valence-electron chi connectivity index (χ1n) is 5.83. The van der Waals surface area contributed by atoms with Gasteiger partial charge in [-0.25, -0.2) is 0 Å². The lowest BCUT2D eigenvalue weighted by Crippen LogP contribution is -2.15. The molecule has 1 aromatic heterocycles. The first-order valence-corrected chi connectivity index (χ1v) is 7.46. The highest BCUT2D eigenvalue weighted by molar-refractivity contribution is 7.10. The highest BCUT2D eigenvalue weighted by Gasteiger charge is 2.17. The highest BCUT2D eigenvalue weighted by Crippen LogP contribution is 2.33. The van der Waals surface area contributed by atoms with Crippen LogP contribution in [-0.4, -0.2) is 0 Å². The average Bonchev–Trinajstić information content (AvgIpc) is 2.80. The zero-order valence-corrected chi connectivity index (χ0v) is 12.6. The molecule has 2 rings (SSSR count). The number of anilines is 1. The van der Waals surface area contributed by atoms with E-state index in [1.165, 1.54) is 4.88 Å². The lowest BCUT2D eigenvalue weighted by molar-refractivity contribution is 0.554. The predicted octanol–water partition coefficient (Wildman–Crippen LogP) is 5.86. The van der Waals surface area contributed by atoms with E-state index in [0.29, 0.717) is 16.0 Å². The summed E-state index contributed by atoms with van der Waals surface area (Å²) in [6.45, 7) is 4.39. The Morgan fingerprint density at radius 1 is 1.17 bits per heavy atom. The van der Waals surface area contributed by atoms with Gasteiger partial charge >= 0.3 is 0 Å². The van der Waals surface area contributed by atoms with Crippen LogP contribution in [0.15, 0.2) is 35.7 Å². The third-order valence-corrected chi connectivity index (χ3v) is 4.26. The third kappa shape index (κ3) is 3.19. The molecule has 0 radical (unpaired) electrons. The van der Waals surface area contributed by atoms with Crippen molar-refractivity contribution >= 4 is 40.2 Å². The molecule has 0 aliphatic rings. The predicted molar refractivity (Wildman–Crippen MR) is 82.0 cm³/mol. The molecule has 1 N–H and O–H groups in total. The third-order valence-electron chi connectivity index (χ3n) is 2.76. The standard InChI is InChI=1S/C14H15Cl2NS/c1-9(2)14(13-4-3-7-18-13)17-12-6-5-10(15)8-11(12)16/h3-9,14,17H,1-2H3. The van der Waals surface area contributed by atoms with Gasteiger partial charge in [0.1, 0.15) is 0 Å². The van der Waals surface area contributed by atoms with E-state index in [-0.39, 0.29) is 6.04 Å². The monoisotopic (exact) mass is 299 g/mol. The Morgan fingerprint density at radius 3 is 2.50 bits per heavy atom. The van der Waals surface area contributed by atoms with Gasteiger partial charge in [0.05, 0.1) is 16.8 Å². The number of rotatable bonds is 4. The molecule has 0 aliphatic heterocycles. The van der Waals surface area contributed by atoms with E-state index < -0.39 is 0 Å². The molecule has 2 aromatic rings. The normalized spacial score (nSPS) is 12.7. The molecule has 0 fully saturated rings. The number of nitrogens with one attached hydrogen (secondary N) is 1. The van der Waals surface area contributed by atoms with Crippen molar-refractivity contribution in [3.8, 4) is 0 Å². The highest BCUT2D eigenvalue weighted by atomic mass is 35.5. The van der Waals surface area contributed by atoms with Crippen LogP contribution in [0.4, 0.5) is 5.69 Å². The second-order valence-corrected chi connectivity index (χ2v) is 6.33. The van der Waals surface area contributed by atoms with Gasteiger partial charge in [0.15, 0.2) is 0 Å². The summed E-state index contributed by atoms with van der Waals surface area (Å²) in [4.78, 5) is 1.32. The van der Waals surface area contributed by atoms with Crippen LogP contribution in [0, 0.1) is 5.92 Å². The zero-order chi connectivity index (χ0) is 13.1. The minimum Gasteiger partial charge on any atom is -0.376 e. The fourth-order valence-electron chi connectivity index (χ4n) is 1.81. The molecule has 0 aliphatic carbocycles. The Kier molecular flexibility index (Phi) is 4.55. The van der Waals surface area contributed by atoms with Crippen LogP contribution in [0.25, 0.3) is 0 Å². The van der Waals surface area contributed by atoms with Gasteiger partial charge in [-0.3, -0.25) is 0 Å². The lowest BCUT2D eigenvalue weighted by Gasteiger charge is -2.23. The van der Waals surface area contributed by atoms with Crippen LogP contribution in [-0.2, 0) is 0 Å². The minimum atomic E-state index is 0.267. The fourth-order valence-corrected chi connectivity index (χ4v) is 3.22. The number of benzene rings is 1. The van der Waals surface area contributed by atoms with Gasteiger partial charge in [0.25, 0.3) is 0 Å². The second-order valence-electron chi connectivity index (χ2n) is 4.51. The summed E-state index contributed by atoms with van der Waals surface area (Å²) in [5.41, 5.74) is 0.924. The Balaban J connectivity index is 2.24. The largest absolute Gasteiger partial charge is 0.376 e. The van der Waals surface area contributed by atoms with Crippen molar-refractivity contribution in [1.29, 1.82) is 0 Å². The van der Waals surface area contributed by atoms with Crippen molar-refractivity contribution in [1.82, 2.24) is 0 Å². The smallest absolute Gasteiger partial charge is 0.0652 e. The van der Waals surface area contributed by atoms with Crippen LogP contribution in [0.3, 0.4) is 0 Å². The fraction of sp³-hybridized carbons (Fsp3) is 0.286. The van der Waals surface area contributed by atoms with Crippen LogP contribution in [0.1, 0.15) is 24.8 Å². The maximum absolute atomic E-state index is 6.20. The van der Waals surface area contributed by atoms with Gasteiger partial charge in [-0.05, 0) is 35.6 Å². The maximum Gasteiger partial charge on any atom is 0.0652 e. The molecule has 0 amide bonds. The molecule has 4 heteroatoms. The summed E-state index contributed by atoms with van der Waals surface area (Å²) in [6.07, 6.45) is 0. The van der Waals surface area contributed by atoms with Gasteiger partial charge in [-0.15, -0.1) is 11.3 Å². The summed E-state index contributed by atoms with van der Waals surface area (Å²) in [5.74, 6) is 0.482. The first-order chi connectivity index (χ1) is 8.58. The molecular formula is C14H15Cl2NS. The summed E-state index contributed by atoms with van der Waals surface area (Å²) >= 11 is 13.9. The Hall–Kier alpha value is -0.700. The topological polar surface area (TPSA) is 12.0 Å². The van der Waals surface area contributed by atoms with Gasteiger partial charge in [0.2, 0.25) is 0 Å². The van der Waals surface area contributed by atoms with E-state index in [2.05, 4.69) is 36.7 Å². The zero-order valence-electron chi connectivity index (χ0n) is 10.3. The molecular weight excluding hydrogens is 285 g/mol. The molecule has 0 saturated heterocycles. The van der Waals surface area contributed by atoms with Crippen LogP contribution in [0.5, 0.6) is 0 Å². The molecule has 1 atom stereocenters. The average molecular weight is 300 g/mol. The number of hydrogen-bond donors (Lipinski definition) is 1. The maximum atomic E-state index is 6.20. The lowest BCUT2D eigenvalue weighted by atomic mass is 10.0. The molecule has 0 bridgehead atoms. The molecule has 1 aromatic carbocycles. The van der Waals surface area contributed by atoms with Crippen molar-refractivity contribution in [2.45, 2.75) is 19.9 Å². The molecule has 1 heterocycles. The minimum absolute atomic E-state index is 0.267. The molecule has 0 spiro atoms. The van der Waals surface area contributed by atoms with Gasteiger partial charge in [-0.2, -0.15) is 0 Å². The van der Waals surface area contributed by atoms with E-state index in [1.54, 1.807) is 17.4 Å². The van der Waals surface area contributed by atoms with E-state index in [1.807, 2.05) is 12.1 Å². The number of hydrogen-bond acceptors (Lipinski definition) is 2. The summed E-state index contributed by atoms with van der Waals surface area (Å²) in [5, 5.41) is 6.90. The van der Waals surface area contributed by atoms with Crippen molar-refractivity contribution < 1.29 is 0 Å². The van der Waals surface area contributed by atoms with Crippen molar-refractivity contribution in [3.63, 3.8) is 0 Å². The summed E-state index contributed by atoms with van der Waals surface area (Å²) in [7, 11) is 0. The van der Waals surface area contributed by atoms with E-state index in [0.717, 1.165) is 5.69 Å². The molecule has 1 unspecified atom stereocenters. The number of thiophene rings is 1. The van der Waals surface area contributed by atoms with E-state index in [4.69, 9.17) is 23.2 Å². The first kappa shape index (κ1) is 13.7. The van der Waals surface area contributed by atoms with E-state index >= 15 is 0 Å². The quantitative estimate of drug-likeness (QED) is 0.745.